The third-order valence-corrected chi connectivity index (χ3v) is 2.46. The van der Waals surface area contributed by atoms with E-state index < -0.39 is 6.04 Å². The molecule has 0 unspecified atom stereocenters. The van der Waals surface area contributed by atoms with Gasteiger partial charge in [0.2, 0.25) is 0 Å². The Morgan fingerprint density at radius 1 is 1.18 bits per heavy atom. The van der Waals surface area contributed by atoms with Crippen molar-refractivity contribution >= 4 is 17.1 Å². The van der Waals surface area contributed by atoms with Crippen LogP contribution in [0.2, 0.25) is 0 Å². The van der Waals surface area contributed by atoms with Gasteiger partial charge in [0.15, 0.2) is 0 Å². The van der Waals surface area contributed by atoms with Crippen molar-refractivity contribution in [1.82, 2.24) is 0 Å². The molecule has 1 atom stereocenters. The highest BCUT2D eigenvalue weighted by Gasteiger charge is 2.02. The number of carbonyl (C=O) groups is 1. The lowest BCUT2D eigenvalue weighted by atomic mass is 10.0. The minimum Gasteiger partial charge on any atom is -0.321 e. The van der Waals surface area contributed by atoms with Gasteiger partial charge in [-0.2, -0.15) is 0 Å². The molecule has 0 fully saturated rings. The topological polar surface area (TPSA) is 43.1 Å². The van der Waals surface area contributed by atoms with Crippen LogP contribution in [-0.4, -0.2) is 12.3 Å². The maximum absolute atomic E-state index is 10.4. The van der Waals surface area contributed by atoms with Gasteiger partial charge in [-0.05, 0) is 22.8 Å². The molecule has 0 bridgehead atoms. The molecule has 17 heavy (non-hydrogen) atoms. The van der Waals surface area contributed by atoms with Crippen LogP contribution in [0, 0.1) is 0 Å². The number of nitrogens with two attached hydrogens (primary N) is 1. The van der Waals surface area contributed by atoms with Gasteiger partial charge >= 0.3 is 0 Å². The highest BCUT2D eigenvalue weighted by molar-refractivity contribution is 5.83. The first-order chi connectivity index (χ1) is 8.29. The van der Waals surface area contributed by atoms with E-state index in [4.69, 9.17) is 5.73 Å². The first-order valence-electron chi connectivity index (χ1n) is 5.98. The quantitative estimate of drug-likeness (QED) is 0.824. The van der Waals surface area contributed by atoms with Crippen LogP contribution in [0.25, 0.3) is 10.8 Å². The summed E-state index contributed by atoms with van der Waals surface area (Å²) in [5, 5.41) is 2.40. The fourth-order valence-corrected chi connectivity index (χ4v) is 1.69. The average Bonchev–Trinajstić information content (AvgIpc) is 2.41. The van der Waals surface area contributed by atoms with Gasteiger partial charge in [0.1, 0.15) is 6.29 Å². The zero-order valence-corrected chi connectivity index (χ0v) is 10.4. The summed E-state index contributed by atoms with van der Waals surface area (Å²) in [6.07, 6.45) is 1.39. The summed E-state index contributed by atoms with van der Waals surface area (Å²) in [7, 11) is 0. The van der Waals surface area contributed by atoms with E-state index in [1.54, 1.807) is 0 Å². The molecular weight excluding hydrogens is 210 g/mol. The molecule has 0 radical (unpaired) electrons. The molecule has 2 aromatic carbocycles. The smallest absolute Gasteiger partial charge is 0.137 e. The number of fused-ring (bicyclic) bond motifs is 1. The summed E-state index contributed by atoms with van der Waals surface area (Å²) >= 11 is 0. The van der Waals surface area contributed by atoms with Crippen LogP contribution in [0.5, 0.6) is 0 Å². The van der Waals surface area contributed by atoms with Gasteiger partial charge in [0, 0.05) is 1.43 Å². The van der Waals surface area contributed by atoms with E-state index in [2.05, 4.69) is 24.3 Å². The normalized spacial score (nSPS) is 11.5. The molecule has 2 heteroatoms. The molecule has 2 N–H and O–H groups in total. The van der Waals surface area contributed by atoms with E-state index in [0.29, 0.717) is 6.42 Å². The van der Waals surface area contributed by atoms with Crippen LogP contribution < -0.4 is 5.73 Å². The zero-order chi connectivity index (χ0) is 12.7. The Bertz CT molecular complexity index is 485. The van der Waals surface area contributed by atoms with E-state index in [-0.39, 0.29) is 1.43 Å². The summed E-state index contributed by atoms with van der Waals surface area (Å²) in [6.45, 7) is 4.00. The zero-order valence-electron chi connectivity index (χ0n) is 10.4. The number of carbonyl (C=O) groups excluding carboxylic acids is 1. The summed E-state index contributed by atoms with van der Waals surface area (Å²) in [4.78, 5) is 10.4. The Balaban J connectivity index is 0.000000917. The van der Waals surface area contributed by atoms with Crippen molar-refractivity contribution in [2.75, 3.05) is 0 Å². The van der Waals surface area contributed by atoms with Crippen molar-refractivity contribution in [2.45, 2.75) is 26.3 Å². The number of aldehydes is 1. The second kappa shape index (κ2) is 6.81. The molecule has 0 aliphatic carbocycles. The Morgan fingerprint density at radius 3 is 2.47 bits per heavy atom. The molecule has 0 saturated carbocycles. The van der Waals surface area contributed by atoms with Crippen LogP contribution in [0.15, 0.2) is 42.5 Å². The molecule has 0 heterocycles. The van der Waals surface area contributed by atoms with Crippen molar-refractivity contribution < 1.29 is 6.22 Å². The average molecular weight is 231 g/mol. The van der Waals surface area contributed by atoms with Crippen molar-refractivity contribution in [2.24, 2.45) is 5.73 Å². The largest absolute Gasteiger partial charge is 0.321 e. The van der Waals surface area contributed by atoms with E-state index in [9.17, 15) is 4.79 Å². The molecule has 2 rings (SSSR count). The van der Waals surface area contributed by atoms with E-state index in [1.807, 2.05) is 32.0 Å². The standard InChI is InChI=1S/C13H13NO.C2H6.H2/c14-13(9-15)8-10-5-6-11-3-1-2-4-12(11)7-10;1-2;/h1-7,9,13H,8,14H2;1-2H3;1H/t13-;;/m0../s1. The van der Waals surface area contributed by atoms with Gasteiger partial charge in [-0.3, -0.25) is 0 Å². The van der Waals surface area contributed by atoms with Crippen molar-refractivity contribution in [3.8, 4) is 0 Å². The maximum Gasteiger partial charge on any atom is 0.137 e. The molecule has 2 aromatic rings. The predicted octanol–water partition coefficient (Wildman–Crippen LogP) is 3.18. The van der Waals surface area contributed by atoms with Crippen LogP contribution in [0.4, 0.5) is 0 Å². The van der Waals surface area contributed by atoms with Crippen LogP contribution >= 0.6 is 0 Å². The molecule has 0 aliphatic rings. The summed E-state index contributed by atoms with van der Waals surface area (Å²) in [5.41, 5.74) is 6.69. The second-order valence-corrected chi connectivity index (χ2v) is 3.69. The SMILES string of the molecule is CC.N[C@H](C=O)Cc1ccc2ccccc2c1.[HH]. The molecule has 0 aliphatic heterocycles. The monoisotopic (exact) mass is 231 g/mol. The van der Waals surface area contributed by atoms with Crippen LogP contribution in [-0.2, 0) is 11.2 Å². The summed E-state index contributed by atoms with van der Waals surface area (Å²) < 4.78 is 0. The summed E-state index contributed by atoms with van der Waals surface area (Å²) in [5.74, 6) is 0. The van der Waals surface area contributed by atoms with Crippen LogP contribution in [0.3, 0.4) is 0 Å². The number of hydrogen-bond acceptors (Lipinski definition) is 2. The van der Waals surface area contributed by atoms with Gasteiger partial charge in [0.25, 0.3) is 0 Å². The summed E-state index contributed by atoms with van der Waals surface area (Å²) in [6, 6.07) is 13.9. The Morgan fingerprint density at radius 2 is 1.82 bits per heavy atom. The maximum atomic E-state index is 10.4. The number of hydrogen-bond donors (Lipinski definition) is 1. The lowest BCUT2D eigenvalue weighted by Gasteiger charge is -2.05. The fraction of sp³-hybridized carbons (Fsp3) is 0.267. The van der Waals surface area contributed by atoms with Crippen molar-refractivity contribution in [1.29, 1.82) is 0 Å². The van der Waals surface area contributed by atoms with E-state index in [0.717, 1.165) is 11.8 Å². The lowest BCUT2D eigenvalue weighted by molar-refractivity contribution is -0.108. The van der Waals surface area contributed by atoms with E-state index >= 15 is 0 Å². The molecule has 0 spiro atoms. The highest BCUT2D eigenvalue weighted by Crippen LogP contribution is 2.16. The van der Waals surface area contributed by atoms with Gasteiger partial charge in [-0.25, -0.2) is 0 Å². The number of benzene rings is 2. The molecule has 2 nitrogen and oxygen atoms in total. The minimum absolute atomic E-state index is 0. The van der Waals surface area contributed by atoms with Gasteiger partial charge < -0.3 is 10.5 Å². The van der Waals surface area contributed by atoms with E-state index in [1.165, 1.54) is 10.8 Å². The first-order valence-corrected chi connectivity index (χ1v) is 5.98. The van der Waals surface area contributed by atoms with Crippen molar-refractivity contribution in [3.63, 3.8) is 0 Å². The van der Waals surface area contributed by atoms with Gasteiger partial charge in [-0.1, -0.05) is 56.3 Å². The Hall–Kier alpha value is -1.67. The third-order valence-electron chi connectivity index (χ3n) is 2.46. The molecule has 0 saturated heterocycles. The van der Waals surface area contributed by atoms with Crippen LogP contribution in [0.1, 0.15) is 20.8 Å². The first kappa shape index (κ1) is 13.4. The predicted molar refractivity (Wildman–Crippen MR) is 75.2 cm³/mol. The molecular formula is C15H21NO. The third kappa shape index (κ3) is 3.68. The highest BCUT2D eigenvalue weighted by atomic mass is 16.1. The minimum atomic E-state index is -0.397. The Kier molecular flexibility index (Phi) is 5.37. The van der Waals surface area contributed by atoms with Gasteiger partial charge in [-0.15, -0.1) is 0 Å². The molecule has 0 aromatic heterocycles. The van der Waals surface area contributed by atoms with Crippen molar-refractivity contribution in [3.05, 3.63) is 48.0 Å². The lowest BCUT2D eigenvalue weighted by Crippen LogP contribution is -2.23. The van der Waals surface area contributed by atoms with Gasteiger partial charge in [0.05, 0.1) is 6.04 Å². The number of rotatable bonds is 3. The second-order valence-electron chi connectivity index (χ2n) is 3.69. The Labute approximate surface area is 104 Å². The molecule has 0 amide bonds. The fourth-order valence-electron chi connectivity index (χ4n) is 1.69. The molecule has 92 valence electrons.